The summed E-state index contributed by atoms with van der Waals surface area (Å²) in [6, 6.07) is 3.16. The number of aliphatic imine (C=N–C) groups is 1. The van der Waals surface area contributed by atoms with E-state index in [0.717, 1.165) is 12.8 Å². The molecule has 0 saturated heterocycles. The molecular weight excluding hydrogens is 241 g/mol. The van der Waals surface area contributed by atoms with Crippen molar-refractivity contribution in [1.82, 2.24) is 0 Å². The molecule has 0 spiro atoms. The van der Waals surface area contributed by atoms with Gasteiger partial charge in [0.05, 0.1) is 0 Å². The van der Waals surface area contributed by atoms with Crippen molar-refractivity contribution < 1.29 is 9.18 Å². The van der Waals surface area contributed by atoms with Crippen LogP contribution in [0.1, 0.15) is 36.8 Å². The maximum atomic E-state index is 14.2. The van der Waals surface area contributed by atoms with Gasteiger partial charge in [-0.1, -0.05) is 24.4 Å². The molecule has 1 fully saturated rings. The molecule has 0 heterocycles. The minimum atomic E-state index is -0.749. The van der Waals surface area contributed by atoms with Crippen LogP contribution in [0, 0.1) is 12.7 Å². The van der Waals surface area contributed by atoms with Gasteiger partial charge in [0.25, 0.3) is 0 Å². The van der Waals surface area contributed by atoms with Crippen molar-refractivity contribution in [2.75, 3.05) is 0 Å². The highest BCUT2D eigenvalue weighted by Gasteiger charge is 2.38. The highest BCUT2D eigenvalue weighted by molar-refractivity contribution is 6.30. The number of nitrogens with zero attached hydrogens (tertiary/aromatic N) is 1. The van der Waals surface area contributed by atoms with Crippen molar-refractivity contribution in [3.05, 3.63) is 34.1 Å². The van der Waals surface area contributed by atoms with E-state index in [-0.39, 0.29) is 5.82 Å². The first kappa shape index (κ1) is 12.3. The highest BCUT2D eigenvalue weighted by atomic mass is 35.5. The second-order valence-corrected chi connectivity index (χ2v) is 4.96. The van der Waals surface area contributed by atoms with Crippen LogP contribution in [0.4, 0.5) is 4.39 Å². The Labute approximate surface area is 105 Å². The normalized spacial score (nSPS) is 17.8. The van der Waals surface area contributed by atoms with Gasteiger partial charge >= 0.3 is 0 Å². The quantitative estimate of drug-likeness (QED) is 0.581. The molecule has 0 aliphatic heterocycles. The average Bonchev–Trinajstić information content (AvgIpc) is 2.73. The summed E-state index contributed by atoms with van der Waals surface area (Å²) in [6.07, 6.45) is 4.82. The van der Waals surface area contributed by atoms with Gasteiger partial charge in [0.1, 0.15) is 11.4 Å². The fraction of sp³-hybridized carbons (Fsp3) is 0.462. The molecule has 1 aromatic rings. The Morgan fingerprint density at radius 2 is 2.06 bits per heavy atom. The largest absolute Gasteiger partial charge is 0.235 e. The molecule has 90 valence electrons. The summed E-state index contributed by atoms with van der Waals surface area (Å²) in [5.74, 6) is -0.310. The van der Waals surface area contributed by atoms with Crippen LogP contribution in [-0.2, 0) is 10.3 Å². The van der Waals surface area contributed by atoms with Crippen LogP contribution in [-0.4, -0.2) is 6.08 Å². The Kier molecular flexibility index (Phi) is 3.32. The molecule has 1 aromatic carbocycles. The third-order valence-corrected chi connectivity index (χ3v) is 3.63. The average molecular weight is 254 g/mol. The van der Waals surface area contributed by atoms with E-state index in [9.17, 15) is 9.18 Å². The Morgan fingerprint density at radius 3 is 2.65 bits per heavy atom. The third-order valence-electron chi connectivity index (χ3n) is 3.41. The lowest BCUT2D eigenvalue weighted by atomic mass is 9.87. The van der Waals surface area contributed by atoms with Crippen molar-refractivity contribution in [2.24, 2.45) is 4.99 Å². The molecule has 0 N–H and O–H groups in total. The van der Waals surface area contributed by atoms with Crippen LogP contribution in [0.2, 0.25) is 5.02 Å². The van der Waals surface area contributed by atoms with Gasteiger partial charge in [-0.15, -0.1) is 0 Å². The number of isocyanates is 1. The zero-order chi connectivity index (χ0) is 12.5. The lowest BCUT2D eigenvalue weighted by Gasteiger charge is -2.24. The van der Waals surface area contributed by atoms with Crippen LogP contribution in [0.3, 0.4) is 0 Å². The number of halogens is 2. The zero-order valence-electron chi connectivity index (χ0n) is 9.59. The van der Waals surface area contributed by atoms with Crippen molar-refractivity contribution in [1.29, 1.82) is 0 Å². The summed E-state index contributed by atoms with van der Waals surface area (Å²) in [6.45, 7) is 1.66. The summed E-state index contributed by atoms with van der Waals surface area (Å²) in [5.41, 5.74) is 0.171. The van der Waals surface area contributed by atoms with E-state index in [2.05, 4.69) is 4.99 Å². The Morgan fingerprint density at radius 1 is 1.41 bits per heavy atom. The van der Waals surface area contributed by atoms with E-state index in [1.54, 1.807) is 25.1 Å². The van der Waals surface area contributed by atoms with Gasteiger partial charge in [-0.2, -0.15) is 4.99 Å². The lowest BCUT2D eigenvalue weighted by molar-refractivity contribution is 0.429. The van der Waals surface area contributed by atoms with Crippen molar-refractivity contribution in [3.8, 4) is 0 Å². The SMILES string of the molecule is Cc1cc(Cl)cc(C2(N=C=O)CCCC2)c1F. The number of rotatable bonds is 2. The predicted octanol–water partition coefficient (Wildman–Crippen LogP) is 3.89. The van der Waals surface area contributed by atoms with E-state index in [0.29, 0.717) is 29.0 Å². The number of aryl methyl sites for hydroxylation is 1. The Balaban J connectivity index is 2.61. The first-order valence-electron chi connectivity index (χ1n) is 5.64. The van der Waals surface area contributed by atoms with E-state index in [4.69, 9.17) is 11.6 Å². The van der Waals surface area contributed by atoms with Gasteiger partial charge in [0.2, 0.25) is 6.08 Å². The summed E-state index contributed by atoms with van der Waals surface area (Å²) >= 11 is 5.96. The van der Waals surface area contributed by atoms with Gasteiger partial charge < -0.3 is 0 Å². The van der Waals surface area contributed by atoms with Crippen LogP contribution >= 0.6 is 11.6 Å². The second-order valence-electron chi connectivity index (χ2n) is 4.53. The topological polar surface area (TPSA) is 29.4 Å². The second kappa shape index (κ2) is 4.59. The summed E-state index contributed by atoms with van der Waals surface area (Å²) < 4.78 is 14.2. The van der Waals surface area contributed by atoms with Gasteiger partial charge in [-0.25, -0.2) is 9.18 Å². The van der Waals surface area contributed by atoms with Crippen LogP contribution in [0.5, 0.6) is 0 Å². The maximum Gasteiger partial charge on any atom is 0.235 e. The van der Waals surface area contributed by atoms with Crippen molar-refractivity contribution in [2.45, 2.75) is 38.1 Å². The van der Waals surface area contributed by atoms with Crippen molar-refractivity contribution in [3.63, 3.8) is 0 Å². The predicted molar refractivity (Wildman–Crippen MR) is 64.4 cm³/mol. The van der Waals surface area contributed by atoms with Crippen LogP contribution in [0.25, 0.3) is 0 Å². The molecule has 1 aliphatic rings. The molecule has 1 saturated carbocycles. The molecule has 0 radical (unpaired) electrons. The fourth-order valence-corrected chi connectivity index (χ4v) is 2.83. The Hall–Kier alpha value is -1.18. The molecule has 2 nitrogen and oxygen atoms in total. The van der Waals surface area contributed by atoms with Crippen LogP contribution in [0.15, 0.2) is 17.1 Å². The highest BCUT2D eigenvalue weighted by Crippen LogP contribution is 2.44. The molecule has 4 heteroatoms. The molecule has 2 rings (SSSR count). The molecule has 1 aliphatic carbocycles. The molecule has 0 aromatic heterocycles. The Bertz CT molecular complexity index is 488. The van der Waals surface area contributed by atoms with E-state index in [1.807, 2.05) is 0 Å². The number of hydrogen-bond donors (Lipinski definition) is 0. The maximum absolute atomic E-state index is 14.2. The number of benzene rings is 1. The summed E-state index contributed by atoms with van der Waals surface area (Å²) in [5, 5.41) is 0.478. The van der Waals surface area contributed by atoms with E-state index < -0.39 is 5.54 Å². The van der Waals surface area contributed by atoms with Gasteiger partial charge in [0, 0.05) is 10.6 Å². The fourth-order valence-electron chi connectivity index (χ4n) is 2.55. The minimum absolute atomic E-state index is 0.310. The molecular formula is C13H13ClFNO. The smallest absolute Gasteiger partial charge is 0.211 e. The molecule has 17 heavy (non-hydrogen) atoms. The lowest BCUT2D eigenvalue weighted by Crippen LogP contribution is -2.21. The van der Waals surface area contributed by atoms with Gasteiger partial charge in [-0.3, -0.25) is 0 Å². The van der Waals surface area contributed by atoms with E-state index >= 15 is 0 Å². The van der Waals surface area contributed by atoms with Gasteiger partial charge in [-0.05, 0) is 37.5 Å². The minimum Gasteiger partial charge on any atom is -0.211 e. The first-order chi connectivity index (χ1) is 8.09. The summed E-state index contributed by atoms with van der Waals surface area (Å²) in [7, 11) is 0. The van der Waals surface area contributed by atoms with Gasteiger partial charge in [0.15, 0.2) is 0 Å². The zero-order valence-corrected chi connectivity index (χ0v) is 10.4. The molecule has 0 bridgehead atoms. The molecule has 0 unspecified atom stereocenters. The first-order valence-corrected chi connectivity index (χ1v) is 6.02. The molecule has 0 atom stereocenters. The van der Waals surface area contributed by atoms with E-state index in [1.165, 1.54) is 0 Å². The standard InChI is InChI=1S/C13H13ClFNO/c1-9-6-10(14)7-11(12(9)15)13(16-8-17)4-2-3-5-13/h6-7H,2-5H2,1H3. The number of carbonyl (C=O) groups excluding carboxylic acids is 1. The monoisotopic (exact) mass is 253 g/mol. The number of hydrogen-bond acceptors (Lipinski definition) is 2. The third kappa shape index (κ3) is 2.13. The summed E-state index contributed by atoms with van der Waals surface area (Å²) in [4.78, 5) is 14.4. The van der Waals surface area contributed by atoms with Crippen molar-refractivity contribution >= 4 is 17.7 Å². The molecule has 0 amide bonds. The van der Waals surface area contributed by atoms with Crippen LogP contribution < -0.4 is 0 Å².